The number of carboxylic acid groups (broad SMARTS) is 2. The number of aliphatic carboxylic acids is 2. The van der Waals surface area contributed by atoms with E-state index < -0.39 is 46.2 Å². The standard InChI is InChI=1S/2C28H26N2O4P.2C2H4O2/c2*1-20-10-4-7-13-26(20)35(27-14-8-5-11-21(27)2,28-15-9-6-12-22(28)3)19-23-16-24(29(31)32)18-25(17-23)30(33)34;2*1-2(3)4/h2*4-18H,19H2,1-3H3;2*1H3,(H,3,4)/q2*+1;;/p-2. The smallest absolute Gasteiger partial charge is 0.276 e. The maximum atomic E-state index is 11.7. The molecule has 0 unspecified atom stereocenters. The minimum Gasteiger partial charge on any atom is -0.550 e. The monoisotopic (exact) mass is 1090 g/mol. The highest BCUT2D eigenvalue weighted by Gasteiger charge is 2.50. The number of rotatable bonds is 14. The number of nitrogens with zero attached hydrogens (tertiary/aromatic N) is 4. The van der Waals surface area contributed by atoms with Crippen molar-refractivity contribution in [3.8, 4) is 0 Å². The molecule has 0 amide bonds. The lowest BCUT2D eigenvalue weighted by molar-refractivity contribution is -0.394. The summed E-state index contributed by atoms with van der Waals surface area (Å²) >= 11 is 0. The van der Waals surface area contributed by atoms with Crippen LogP contribution in [0.2, 0.25) is 0 Å². The number of hydrogen-bond donors (Lipinski definition) is 0. The molecular weight excluding hydrogens is 1030 g/mol. The second-order valence-electron chi connectivity index (χ2n) is 18.4. The number of benzene rings is 8. The van der Waals surface area contributed by atoms with Gasteiger partial charge in [0.25, 0.3) is 22.7 Å². The fraction of sp³-hybridized carbons (Fsp3) is 0.167. The molecule has 0 radical (unpaired) electrons. The van der Waals surface area contributed by atoms with Crippen molar-refractivity contribution in [1.82, 2.24) is 0 Å². The first-order valence-corrected chi connectivity index (χ1v) is 28.2. The van der Waals surface area contributed by atoms with Crippen LogP contribution in [0.15, 0.2) is 182 Å². The summed E-state index contributed by atoms with van der Waals surface area (Å²) in [7, 11) is -4.87. The number of carbonyl (C=O) groups excluding carboxylic acids is 2. The molecule has 18 heteroatoms. The molecule has 8 aromatic carbocycles. The van der Waals surface area contributed by atoms with Crippen LogP contribution in [0.25, 0.3) is 0 Å². The van der Waals surface area contributed by atoms with Gasteiger partial charge in [0.1, 0.15) is 46.4 Å². The van der Waals surface area contributed by atoms with Gasteiger partial charge in [0, 0.05) is 47.3 Å². The highest BCUT2D eigenvalue weighted by Crippen LogP contribution is 2.61. The molecule has 0 aliphatic carbocycles. The normalized spacial score (nSPS) is 10.8. The Morgan fingerprint density at radius 1 is 0.333 bits per heavy atom. The van der Waals surface area contributed by atoms with E-state index in [1.165, 1.54) is 24.3 Å². The van der Waals surface area contributed by atoms with Gasteiger partial charge in [-0.25, -0.2) is 0 Å². The highest BCUT2D eigenvalue weighted by molar-refractivity contribution is 7.95. The molecule has 0 saturated heterocycles. The summed E-state index contributed by atoms with van der Waals surface area (Å²) in [6, 6.07) is 57.4. The van der Waals surface area contributed by atoms with Crippen molar-refractivity contribution in [2.75, 3.05) is 0 Å². The molecule has 400 valence electrons. The summed E-state index contributed by atoms with van der Waals surface area (Å²) in [4.78, 5) is 62.2. The van der Waals surface area contributed by atoms with E-state index in [-0.39, 0.29) is 22.7 Å². The first-order chi connectivity index (χ1) is 36.9. The maximum Gasteiger partial charge on any atom is 0.276 e. The molecule has 0 aliphatic rings. The number of non-ortho nitro benzene ring substituents is 4. The minimum absolute atomic E-state index is 0.272. The second-order valence-corrected chi connectivity index (χ2v) is 25.1. The molecule has 0 aliphatic heterocycles. The summed E-state index contributed by atoms with van der Waals surface area (Å²) in [5.74, 6) is -2.17. The van der Waals surface area contributed by atoms with E-state index in [0.29, 0.717) is 23.5 Å². The molecule has 0 N–H and O–H groups in total. The number of carboxylic acids is 2. The van der Waals surface area contributed by atoms with Crippen LogP contribution in [0.1, 0.15) is 58.4 Å². The van der Waals surface area contributed by atoms with Crippen molar-refractivity contribution in [1.29, 1.82) is 0 Å². The summed E-state index contributed by atoms with van der Waals surface area (Å²) in [5, 5.41) is 71.4. The van der Waals surface area contributed by atoms with Crippen LogP contribution in [-0.4, -0.2) is 31.6 Å². The average molecular weight is 1090 g/mol. The highest BCUT2D eigenvalue weighted by atomic mass is 31.2. The third kappa shape index (κ3) is 14.3. The van der Waals surface area contributed by atoms with Gasteiger partial charge in [-0.15, -0.1) is 0 Å². The largest absolute Gasteiger partial charge is 0.550 e. The van der Waals surface area contributed by atoms with Crippen molar-refractivity contribution in [2.24, 2.45) is 0 Å². The van der Waals surface area contributed by atoms with Crippen LogP contribution in [0.3, 0.4) is 0 Å². The van der Waals surface area contributed by atoms with Gasteiger partial charge in [-0.05, 0) is 125 Å². The lowest BCUT2D eigenvalue weighted by atomic mass is 10.2. The van der Waals surface area contributed by atoms with Gasteiger partial charge in [-0.1, -0.05) is 109 Å². The number of nitro groups is 4. The van der Waals surface area contributed by atoms with Gasteiger partial charge >= 0.3 is 0 Å². The van der Waals surface area contributed by atoms with Gasteiger partial charge in [0.05, 0.1) is 44.1 Å². The van der Waals surface area contributed by atoms with E-state index in [1.807, 2.05) is 72.8 Å². The zero-order valence-corrected chi connectivity index (χ0v) is 46.1. The Hall–Kier alpha value is -8.84. The first kappa shape index (κ1) is 60.0. The van der Waals surface area contributed by atoms with Gasteiger partial charge in [-0.2, -0.15) is 0 Å². The van der Waals surface area contributed by atoms with Crippen molar-refractivity contribution in [3.63, 3.8) is 0 Å². The van der Waals surface area contributed by atoms with Gasteiger partial charge in [0.2, 0.25) is 0 Å². The van der Waals surface area contributed by atoms with E-state index in [2.05, 4.69) is 114 Å². The quantitative estimate of drug-likeness (QED) is 0.0561. The number of aryl methyl sites for hydroxylation is 6. The molecule has 0 heterocycles. The van der Waals surface area contributed by atoms with Gasteiger partial charge in [0.15, 0.2) is 0 Å². The first-order valence-electron chi connectivity index (χ1n) is 24.3. The predicted octanol–water partition coefficient (Wildman–Crippen LogP) is 9.36. The minimum atomic E-state index is -2.43. The fourth-order valence-corrected chi connectivity index (χ4v) is 19.8. The third-order valence-corrected chi connectivity index (χ3v) is 22.4. The van der Waals surface area contributed by atoms with Crippen LogP contribution < -0.4 is 42.0 Å². The van der Waals surface area contributed by atoms with E-state index in [4.69, 9.17) is 19.8 Å². The maximum absolute atomic E-state index is 11.7. The number of carbonyl (C=O) groups is 2. The van der Waals surface area contributed by atoms with Crippen LogP contribution in [0.4, 0.5) is 22.7 Å². The van der Waals surface area contributed by atoms with Crippen LogP contribution in [0, 0.1) is 82.0 Å². The molecular formula is C60H58N4O12P2. The Balaban J connectivity index is 0.000000253. The molecule has 16 nitrogen and oxygen atoms in total. The van der Waals surface area contributed by atoms with Gasteiger partial charge < -0.3 is 19.8 Å². The fourth-order valence-electron chi connectivity index (χ4n) is 9.70. The van der Waals surface area contributed by atoms with Crippen molar-refractivity contribution < 1.29 is 39.5 Å². The Kier molecular flexibility index (Phi) is 20.6. The van der Waals surface area contributed by atoms with Crippen molar-refractivity contribution in [3.05, 3.63) is 267 Å². The Morgan fingerprint density at radius 3 is 0.628 bits per heavy atom. The predicted molar refractivity (Wildman–Crippen MR) is 307 cm³/mol. The lowest BCUT2D eigenvalue weighted by Gasteiger charge is -2.31. The molecule has 0 fully saturated rings. The Morgan fingerprint density at radius 2 is 0.487 bits per heavy atom. The Bertz CT molecular complexity index is 3010. The SMILES string of the molecule is CC(=O)[O-].CC(=O)[O-].Cc1ccccc1[P+](Cc1cc([N+](=O)[O-])cc([N+](=O)[O-])c1)(c1ccccc1C)c1ccccc1C.Cc1ccccc1[P+](Cc1cc([N+](=O)[O-])cc([N+](=O)[O-])c1)(c1ccccc1C)c1ccccc1C. The summed E-state index contributed by atoms with van der Waals surface area (Å²) < 4.78 is 0. The summed E-state index contributed by atoms with van der Waals surface area (Å²) in [6.07, 6.45) is 0.853. The average Bonchev–Trinajstić information content (AvgIpc) is 3.41. The molecule has 0 atom stereocenters. The van der Waals surface area contributed by atoms with Crippen molar-refractivity contribution in [2.45, 2.75) is 67.7 Å². The van der Waals surface area contributed by atoms with E-state index in [0.717, 1.165) is 91.2 Å². The zero-order valence-electron chi connectivity index (χ0n) is 44.3. The molecule has 8 aromatic rings. The summed E-state index contributed by atoms with van der Waals surface area (Å²) in [5.41, 5.74) is 6.78. The van der Waals surface area contributed by atoms with E-state index in [1.54, 1.807) is 0 Å². The van der Waals surface area contributed by atoms with Crippen LogP contribution in [0.5, 0.6) is 0 Å². The van der Waals surface area contributed by atoms with E-state index in [9.17, 15) is 40.5 Å². The lowest BCUT2D eigenvalue weighted by Crippen LogP contribution is -2.36. The van der Waals surface area contributed by atoms with Crippen LogP contribution in [-0.2, 0) is 21.9 Å². The second kappa shape index (κ2) is 26.8. The Labute approximate surface area is 453 Å². The molecule has 78 heavy (non-hydrogen) atoms. The van der Waals surface area contributed by atoms with Gasteiger partial charge in [-0.3, -0.25) is 40.5 Å². The molecule has 0 spiro atoms. The number of nitro benzene ring substituents is 4. The van der Waals surface area contributed by atoms with Crippen LogP contribution >= 0.6 is 14.5 Å². The zero-order chi connectivity index (χ0) is 57.5. The third-order valence-electron chi connectivity index (χ3n) is 12.8. The number of hydrogen-bond acceptors (Lipinski definition) is 12. The summed E-state index contributed by atoms with van der Waals surface area (Å²) in [6.45, 7) is 14.4. The molecule has 0 bridgehead atoms. The molecule has 0 aromatic heterocycles. The van der Waals surface area contributed by atoms with E-state index >= 15 is 0 Å². The van der Waals surface area contributed by atoms with Crippen molar-refractivity contribution >= 4 is 81.0 Å². The molecule has 0 saturated carbocycles. The topological polar surface area (TPSA) is 253 Å². The molecule has 8 rings (SSSR count).